The number of primary amides is 1. The maximum Gasteiger partial charge on any atom is 0.338 e. The summed E-state index contributed by atoms with van der Waals surface area (Å²) in [5, 5.41) is 19.0. The highest BCUT2D eigenvalue weighted by Crippen LogP contribution is 2.13. The third-order valence-electron chi connectivity index (χ3n) is 2.89. The summed E-state index contributed by atoms with van der Waals surface area (Å²) in [6.45, 7) is 0.200. The number of amides is 2. The molecule has 2 amide bonds. The minimum Gasteiger partial charge on any atom is -0.478 e. The van der Waals surface area contributed by atoms with Crippen LogP contribution in [0, 0.1) is 0 Å². The largest absolute Gasteiger partial charge is 0.478 e. The molecule has 2 aromatic rings. The predicted molar refractivity (Wildman–Crippen MR) is 74.2 cm³/mol. The van der Waals surface area contributed by atoms with Gasteiger partial charge in [0.25, 0.3) is 5.91 Å². The molecule has 0 unspecified atom stereocenters. The number of carbonyl (C=O) groups is 3. The number of aryl methyl sites for hydroxylation is 2. The number of carboxylic acid groups (broad SMARTS) is 1. The van der Waals surface area contributed by atoms with Crippen LogP contribution in [0.5, 0.6) is 0 Å². The Kier molecular flexibility index (Phi) is 4.20. The number of nitrogens with zero attached hydrogens (tertiary/aromatic N) is 4. The number of aromatic carboxylic acids is 1. The Morgan fingerprint density at radius 3 is 2.64 bits per heavy atom. The van der Waals surface area contributed by atoms with Crippen LogP contribution in [0.2, 0.25) is 0 Å². The first-order valence-electron chi connectivity index (χ1n) is 6.26. The van der Waals surface area contributed by atoms with Gasteiger partial charge in [-0.3, -0.25) is 19.0 Å². The molecule has 0 radical (unpaired) electrons. The van der Waals surface area contributed by atoms with Crippen LogP contribution in [-0.2, 0) is 18.4 Å². The van der Waals surface area contributed by atoms with Gasteiger partial charge in [0.15, 0.2) is 0 Å². The van der Waals surface area contributed by atoms with Crippen LogP contribution in [0.1, 0.15) is 27.3 Å². The fourth-order valence-corrected chi connectivity index (χ4v) is 1.85. The molecule has 0 spiro atoms. The summed E-state index contributed by atoms with van der Waals surface area (Å²) in [5.41, 5.74) is 5.58. The third-order valence-corrected chi connectivity index (χ3v) is 2.89. The van der Waals surface area contributed by atoms with Gasteiger partial charge < -0.3 is 16.2 Å². The van der Waals surface area contributed by atoms with Gasteiger partial charge in [0.2, 0.25) is 5.91 Å². The van der Waals surface area contributed by atoms with E-state index in [1.54, 1.807) is 0 Å². The van der Waals surface area contributed by atoms with Crippen molar-refractivity contribution in [2.75, 3.05) is 5.32 Å². The topological polar surface area (TPSA) is 145 Å². The van der Waals surface area contributed by atoms with E-state index in [4.69, 9.17) is 10.8 Å². The number of aromatic nitrogens is 4. The molecule has 2 aromatic heterocycles. The molecule has 0 saturated heterocycles. The maximum atomic E-state index is 11.9. The quantitative estimate of drug-likeness (QED) is 0.652. The smallest absolute Gasteiger partial charge is 0.338 e. The number of hydrogen-bond acceptors (Lipinski definition) is 5. The highest BCUT2D eigenvalue weighted by molar-refractivity contribution is 6.01. The lowest BCUT2D eigenvalue weighted by molar-refractivity contribution is -0.116. The summed E-state index contributed by atoms with van der Waals surface area (Å²) in [4.78, 5) is 33.8. The lowest BCUT2D eigenvalue weighted by atomic mass is 10.3. The molecule has 0 bridgehead atoms. The lowest BCUT2D eigenvalue weighted by Gasteiger charge is -2.05. The number of carbonyl (C=O) groups excluding carboxylic acids is 2. The van der Waals surface area contributed by atoms with E-state index in [-0.39, 0.29) is 35.8 Å². The van der Waals surface area contributed by atoms with Gasteiger partial charge in [0.05, 0.1) is 23.6 Å². The first-order valence-corrected chi connectivity index (χ1v) is 6.26. The van der Waals surface area contributed by atoms with E-state index < -0.39 is 11.9 Å². The summed E-state index contributed by atoms with van der Waals surface area (Å²) in [5.74, 6) is -2.16. The van der Waals surface area contributed by atoms with Gasteiger partial charge >= 0.3 is 5.97 Å². The van der Waals surface area contributed by atoms with E-state index in [2.05, 4.69) is 15.5 Å². The Bertz CT molecular complexity index is 732. The standard InChI is InChI=1S/C12H14N6O4/c1-17-10(11(13)20)8(5-14-17)16-9(19)2-3-18-6-7(4-15-18)12(21)22/h4-6H,2-3H2,1H3,(H2,13,20)(H,16,19)(H,21,22). The zero-order chi connectivity index (χ0) is 16.3. The van der Waals surface area contributed by atoms with E-state index >= 15 is 0 Å². The predicted octanol–water partition coefficient (Wildman–Crippen LogP) is -0.557. The molecule has 10 heteroatoms. The first kappa shape index (κ1) is 15.2. The molecule has 0 saturated carbocycles. The van der Waals surface area contributed by atoms with Crippen molar-refractivity contribution in [1.82, 2.24) is 19.6 Å². The van der Waals surface area contributed by atoms with Gasteiger partial charge in [-0.15, -0.1) is 0 Å². The Labute approximate surface area is 124 Å². The molecule has 0 atom stereocenters. The van der Waals surface area contributed by atoms with Crippen molar-refractivity contribution in [2.45, 2.75) is 13.0 Å². The number of nitrogens with one attached hydrogen (secondary N) is 1. The summed E-state index contributed by atoms with van der Waals surface area (Å²) >= 11 is 0. The Morgan fingerprint density at radius 1 is 1.32 bits per heavy atom. The summed E-state index contributed by atoms with van der Waals surface area (Å²) < 4.78 is 2.62. The van der Waals surface area contributed by atoms with Crippen LogP contribution < -0.4 is 11.1 Å². The Balaban J connectivity index is 1.96. The van der Waals surface area contributed by atoms with Crippen molar-refractivity contribution >= 4 is 23.5 Å². The Morgan fingerprint density at radius 2 is 2.05 bits per heavy atom. The second-order valence-electron chi connectivity index (χ2n) is 4.49. The second kappa shape index (κ2) is 6.08. The molecule has 0 fully saturated rings. The summed E-state index contributed by atoms with van der Waals surface area (Å²) in [7, 11) is 1.53. The third kappa shape index (κ3) is 3.29. The van der Waals surface area contributed by atoms with E-state index in [0.29, 0.717) is 0 Å². The van der Waals surface area contributed by atoms with Crippen molar-refractivity contribution in [3.8, 4) is 0 Å². The maximum absolute atomic E-state index is 11.9. The SMILES string of the molecule is Cn1ncc(NC(=O)CCn2cc(C(=O)O)cn2)c1C(N)=O. The van der Waals surface area contributed by atoms with Gasteiger partial charge in [-0.2, -0.15) is 10.2 Å². The monoisotopic (exact) mass is 306 g/mol. The normalized spacial score (nSPS) is 10.4. The highest BCUT2D eigenvalue weighted by atomic mass is 16.4. The molecule has 0 aliphatic rings. The van der Waals surface area contributed by atoms with E-state index in [0.717, 1.165) is 0 Å². The van der Waals surface area contributed by atoms with Crippen molar-refractivity contribution in [1.29, 1.82) is 0 Å². The van der Waals surface area contributed by atoms with Gasteiger partial charge in [-0.25, -0.2) is 4.79 Å². The minimum absolute atomic E-state index is 0.0451. The summed E-state index contributed by atoms with van der Waals surface area (Å²) in [6, 6.07) is 0. The first-order chi connectivity index (χ1) is 10.4. The number of rotatable bonds is 6. The fraction of sp³-hybridized carbons (Fsp3) is 0.250. The Hall–Kier alpha value is -3.17. The molecule has 0 aliphatic heterocycles. The number of hydrogen-bond donors (Lipinski definition) is 3. The zero-order valence-corrected chi connectivity index (χ0v) is 11.7. The molecule has 22 heavy (non-hydrogen) atoms. The second-order valence-corrected chi connectivity index (χ2v) is 4.49. The summed E-state index contributed by atoms with van der Waals surface area (Å²) in [6.07, 6.45) is 3.91. The number of nitrogens with two attached hydrogens (primary N) is 1. The number of anilines is 1. The van der Waals surface area contributed by atoms with E-state index in [1.807, 2.05) is 0 Å². The van der Waals surface area contributed by atoms with Gasteiger partial charge in [0.1, 0.15) is 5.69 Å². The molecule has 10 nitrogen and oxygen atoms in total. The van der Waals surface area contributed by atoms with Gasteiger partial charge in [-0.1, -0.05) is 0 Å². The molecule has 116 valence electrons. The van der Waals surface area contributed by atoms with Crippen LogP contribution in [0.3, 0.4) is 0 Å². The van der Waals surface area contributed by atoms with E-state index in [9.17, 15) is 14.4 Å². The van der Waals surface area contributed by atoms with Crippen molar-refractivity contribution < 1.29 is 19.5 Å². The molecule has 2 heterocycles. The van der Waals surface area contributed by atoms with Crippen molar-refractivity contribution in [3.05, 3.63) is 29.8 Å². The van der Waals surface area contributed by atoms with Crippen molar-refractivity contribution in [3.63, 3.8) is 0 Å². The minimum atomic E-state index is -1.09. The van der Waals surface area contributed by atoms with Crippen LogP contribution in [0.4, 0.5) is 5.69 Å². The number of carboxylic acids is 1. The molecule has 2 rings (SSSR count). The molecule has 4 N–H and O–H groups in total. The zero-order valence-electron chi connectivity index (χ0n) is 11.7. The molecular formula is C12H14N6O4. The molecular weight excluding hydrogens is 292 g/mol. The molecule has 0 aliphatic carbocycles. The lowest BCUT2D eigenvalue weighted by Crippen LogP contribution is -2.20. The average Bonchev–Trinajstić information content (AvgIpc) is 3.03. The van der Waals surface area contributed by atoms with Crippen LogP contribution in [0.25, 0.3) is 0 Å². The van der Waals surface area contributed by atoms with Gasteiger partial charge in [0, 0.05) is 26.2 Å². The van der Waals surface area contributed by atoms with Crippen LogP contribution in [-0.4, -0.2) is 42.5 Å². The average molecular weight is 306 g/mol. The highest BCUT2D eigenvalue weighted by Gasteiger charge is 2.16. The molecule has 0 aromatic carbocycles. The van der Waals surface area contributed by atoms with Crippen LogP contribution >= 0.6 is 0 Å². The van der Waals surface area contributed by atoms with Crippen molar-refractivity contribution in [2.24, 2.45) is 12.8 Å². The van der Waals surface area contributed by atoms with E-state index in [1.165, 1.54) is 35.0 Å². The van der Waals surface area contributed by atoms with Crippen LogP contribution in [0.15, 0.2) is 18.6 Å². The van der Waals surface area contributed by atoms with Gasteiger partial charge in [-0.05, 0) is 0 Å². The fourth-order valence-electron chi connectivity index (χ4n) is 1.85.